The number of hydrogen-bond acceptors (Lipinski definition) is 2. The quantitative estimate of drug-likeness (QED) is 0.838. The van der Waals surface area contributed by atoms with Gasteiger partial charge >= 0.3 is 0 Å². The Morgan fingerprint density at radius 1 is 1.40 bits per heavy atom. The molecule has 0 heterocycles. The van der Waals surface area contributed by atoms with Crippen molar-refractivity contribution in [1.82, 2.24) is 5.32 Å². The van der Waals surface area contributed by atoms with E-state index in [1.165, 1.54) is 0 Å². The van der Waals surface area contributed by atoms with Crippen molar-refractivity contribution >= 4 is 17.5 Å². The van der Waals surface area contributed by atoms with Gasteiger partial charge in [0.1, 0.15) is 5.75 Å². The van der Waals surface area contributed by atoms with E-state index in [4.69, 9.17) is 11.6 Å². The molecule has 1 amide bonds. The van der Waals surface area contributed by atoms with Crippen molar-refractivity contribution in [2.45, 2.75) is 44.6 Å². The van der Waals surface area contributed by atoms with Crippen LogP contribution >= 0.6 is 11.6 Å². The third-order valence-corrected chi connectivity index (χ3v) is 4.75. The molecule has 2 rings (SSSR count). The van der Waals surface area contributed by atoms with Gasteiger partial charge in [-0.05, 0) is 37.7 Å². The fourth-order valence-electron chi connectivity index (χ4n) is 2.78. The molecule has 110 valence electrons. The number of halogens is 1. The Morgan fingerprint density at radius 3 is 2.65 bits per heavy atom. The van der Waals surface area contributed by atoms with Gasteiger partial charge in [0.2, 0.25) is 5.91 Å². The number of carbonyl (C=O) groups excluding carboxylic acids is 1. The van der Waals surface area contributed by atoms with E-state index in [1.807, 2.05) is 6.07 Å². The van der Waals surface area contributed by atoms with E-state index < -0.39 is 0 Å². The second kappa shape index (κ2) is 6.49. The standard InChI is InChI=1S/C16H22ClNO2/c1-12-6-8-16(11-17,9-7-12)18-15(20)10-13-4-2-3-5-14(13)19/h2-5,12,19H,6-11H2,1H3,(H,18,20). The van der Waals surface area contributed by atoms with Gasteiger partial charge in [0, 0.05) is 11.4 Å². The zero-order chi connectivity index (χ0) is 14.6. The number of nitrogens with one attached hydrogen (secondary N) is 1. The Kier molecular flexibility index (Phi) is 4.92. The van der Waals surface area contributed by atoms with Gasteiger partial charge in [0.15, 0.2) is 0 Å². The van der Waals surface area contributed by atoms with Crippen LogP contribution in [-0.2, 0) is 11.2 Å². The molecule has 0 radical (unpaired) electrons. The van der Waals surface area contributed by atoms with Crippen molar-refractivity contribution in [3.05, 3.63) is 29.8 Å². The van der Waals surface area contributed by atoms with E-state index in [9.17, 15) is 9.90 Å². The highest BCUT2D eigenvalue weighted by molar-refractivity contribution is 6.18. The maximum absolute atomic E-state index is 12.2. The summed E-state index contributed by atoms with van der Waals surface area (Å²) in [4.78, 5) is 12.2. The van der Waals surface area contributed by atoms with Crippen molar-refractivity contribution in [2.75, 3.05) is 5.88 Å². The van der Waals surface area contributed by atoms with Crippen LogP contribution in [0, 0.1) is 5.92 Å². The first-order chi connectivity index (χ1) is 9.54. The predicted octanol–water partition coefficient (Wildman–Crippen LogP) is 3.24. The Bertz CT molecular complexity index is 467. The van der Waals surface area contributed by atoms with Crippen LogP contribution in [0.4, 0.5) is 0 Å². The summed E-state index contributed by atoms with van der Waals surface area (Å²) in [7, 11) is 0. The fraction of sp³-hybridized carbons (Fsp3) is 0.562. The molecule has 1 fully saturated rings. The van der Waals surface area contributed by atoms with Crippen molar-refractivity contribution in [3.8, 4) is 5.75 Å². The van der Waals surface area contributed by atoms with Gasteiger partial charge in [-0.3, -0.25) is 4.79 Å². The van der Waals surface area contributed by atoms with Crippen LogP contribution < -0.4 is 5.32 Å². The minimum atomic E-state index is -0.268. The molecule has 1 aromatic carbocycles. The lowest BCUT2D eigenvalue weighted by atomic mass is 9.78. The number of phenols is 1. The van der Waals surface area contributed by atoms with Gasteiger partial charge in [-0.1, -0.05) is 25.1 Å². The Morgan fingerprint density at radius 2 is 2.05 bits per heavy atom. The molecule has 0 bridgehead atoms. The zero-order valence-corrected chi connectivity index (χ0v) is 12.6. The normalized spacial score (nSPS) is 26.2. The summed E-state index contributed by atoms with van der Waals surface area (Å²) in [6.07, 6.45) is 4.27. The monoisotopic (exact) mass is 295 g/mol. The number of para-hydroxylation sites is 1. The second-order valence-corrected chi connectivity index (χ2v) is 6.22. The molecule has 1 saturated carbocycles. The Labute approximate surface area is 125 Å². The summed E-state index contributed by atoms with van der Waals surface area (Å²) in [5.41, 5.74) is 0.383. The number of alkyl halides is 1. The van der Waals surface area contributed by atoms with E-state index in [0.717, 1.165) is 25.7 Å². The Balaban J connectivity index is 1.98. The number of carbonyl (C=O) groups is 1. The molecular formula is C16H22ClNO2. The number of amides is 1. The van der Waals surface area contributed by atoms with Crippen LogP contribution in [0.25, 0.3) is 0 Å². The average molecular weight is 296 g/mol. The van der Waals surface area contributed by atoms with Crippen molar-refractivity contribution < 1.29 is 9.90 Å². The third kappa shape index (κ3) is 3.66. The molecule has 1 aliphatic rings. The summed E-state index contributed by atoms with van der Waals surface area (Å²) in [5.74, 6) is 1.26. The largest absolute Gasteiger partial charge is 0.508 e. The molecule has 0 unspecified atom stereocenters. The smallest absolute Gasteiger partial charge is 0.225 e. The minimum absolute atomic E-state index is 0.0679. The average Bonchev–Trinajstić information content (AvgIpc) is 2.44. The first kappa shape index (κ1) is 15.2. The second-order valence-electron chi connectivity index (χ2n) is 5.95. The predicted molar refractivity (Wildman–Crippen MR) is 81.0 cm³/mol. The van der Waals surface area contributed by atoms with Gasteiger partial charge in [-0.15, -0.1) is 11.6 Å². The van der Waals surface area contributed by atoms with Crippen molar-refractivity contribution in [1.29, 1.82) is 0 Å². The maximum atomic E-state index is 12.2. The molecule has 4 heteroatoms. The minimum Gasteiger partial charge on any atom is -0.508 e. The molecule has 0 aromatic heterocycles. The number of aromatic hydroxyl groups is 1. The number of rotatable bonds is 4. The summed E-state index contributed by atoms with van der Waals surface area (Å²) in [5, 5.41) is 12.8. The van der Waals surface area contributed by atoms with Gasteiger partial charge in [0.25, 0.3) is 0 Å². The van der Waals surface area contributed by atoms with E-state index >= 15 is 0 Å². The first-order valence-electron chi connectivity index (χ1n) is 7.18. The maximum Gasteiger partial charge on any atom is 0.225 e. The number of phenolic OH excluding ortho intramolecular Hbond substituents is 1. The molecule has 0 saturated heterocycles. The lowest BCUT2D eigenvalue weighted by Crippen LogP contribution is -2.52. The molecule has 3 nitrogen and oxygen atoms in total. The van der Waals surface area contributed by atoms with Crippen LogP contribution in [0.15, 0.2) is 24.3 Å². The lowest BCUT2D eigenvalue weighted by Gasteiger charge is -2.38. The first-order valence-corrected chi connectivity index (χ1v) is 7.72. The molecule has 2 N–H and O–H groups in total. The van der Waals surface area contributed by atoms with Crippen molar-refractivity contribution in [2.24, 2.45) is 5.92 Å². The third-order valence-electron chi connectivity index (χ3n) is 4.23. The molecule has 0 aliphatic heterocycles. The summed E-state index contributed by atoms with van der Waals surface area (Å²) < 4.78 is 0. The molecule has 0 atom stereocenters. The molecule has 20 heavy (non-hydrogen) atoms. The summed E-state index contributed by atoms with van der Waals surface area (Å²) in [6.45, 7) is 2.24. The number of benzene rings is 1. The van der Waals surface area contributed by atoms with Crippen LogP contribution in [0.3, 0.4) is 0 Å². The highest BCUT2D eigenvalue weighted by atomic mass is 35.5. The SMILES string of the molecule is CC1CCC(CCl)(NC(=O)Cc2ccccc2O)CC1. The van der Waals surface area contributed by atoms with Crippen LogP contribution in [0.1, 0.15) is 38.2 Å². The fourth-order valence-corrected chi connectivity index (χ4v) is 3.11. The number of hydrogen-bond donors (Lipinski definition) is 2. The topological polar surface area (TPSA) is 49.3 Å². The highest BCUT2D eigenvalue weighted by Gasteiger charge is 2.34. The summed E-state index contributed by atoms with van der Waals surface area (Å²) in [6, 6.07) is 6.94. The highest BCUT2D eigenvalue weighted by Crippen LogP contribution is 2.33. The van der Waals surface area contributed by atoms with Crippen molar-refractivity contribution in [3.63, 3.8) is 0 Å². The van der Waals surface area contributed by atoms with E-state index in [1.54, 1.807) is 18.2 Å². The van der Waals surface area contributed by atoms with Gasteiger partial charge in [-0.2, -0.15) is 0 Å². The molecule has 1 aromatic rings. The van der Waals surface area contributed by atoms with E-state index in [-0.39, 0.29) is 23.6 Å². The van der Waals surface area contributed by atoms with E-state index in [0.29, 0.717) is 17.4 Å². The Hall–Kier alpha value is -1.22. The molecular weight excluding hydrogens is 274 g/mol. The van der Waals surface area contributed by atoms with Gasteiger partial charge in [0.05, 0.1) is 12.0 Å². The lowest BCUT2D eigenvalue weighted by molar-refractivity contribution is -0.122. The molecule has 1 aliphatic carbocycles. The van der Waals surface area contributed by atoms with Gasteiger partial charge in [-0.25, -0.2) is 0 Å². The molecule has 0 spiro atoms. The van der Waals surface area contributed by atoms with E-state index in [2.05, 4.69) is 12.2 Å². The zero-order valence-electron chi connectivity index (χ0n) is 11.9. The van der Waals surface area contributed by atoms with Crippen LogP contribution in [0.5, 0.6) is 5.75 Å². The summed E-state index contributed by atoms with van der Waals surface area (Å²) >= 11 is 6.10. The van der Waals surface area contributed by atoms with Crippen LogP contribution in [0.2, 0.25) is 0 Å². The van der Waals surface area contributed by atoms with Crippen LogP contribution in [-0.4, -0.2) is 22.4 Å². The van der Waals surface area contributed by atoms with Gasteiger partial charge < -0.3 is 10.4 Å².